The lowest BCUT2D eigenvalue weighted by atomic mass is 10.3. The van der Waals surface area contributed by atoms with E-state index in [1.54, 1.807) is 0 Å². The topological polar surface area (TPSA) is 119 Å². The molecular formula is C10H18N4O3. The zero-order chi connectivity index (χ0) is 12.8. The molecule has 0 atom stereocenters. The van der Waals surface area contributed by atoms with Gasteiger partial charge in [0.05, 0.1) is 19.6 Å². The van der Waals surface area contributed by atoms with Crippen molar-refractivity contribution in [2.75, 3.05) is 26.2 Å². The Morgan fingerprint density at radius 3 is 2.06 bits per heavy atom. The van der Waals surface area contributed by atoms with Gasteiger partial charge in [0.2, 0.25) is 17.7 Å². The van der Waals surface area contributed by atoms with E-state index in [-0.39, 0.29) is 25.5 Å². The van der Waals surface area contributed by atoms with Crippen LogP contribution in [0.1, 0.15) is 12.8 Å². The average Bonchev–Trinajstić information content (AvgIpc) is 2.99. The molecule has 0 aromatic rings. The molecule has 1 saturated carbocycles. The van der Waals surface area contributed by atoms with E-state index in [1.165, 1.54) is 12.8 Å². The molecule has 1 aliphatic rings. The van der Waals surface area contributed by atoms with Crippen molar-refractivity contribution in [2.24, 2.45) is 17.4 Å². The first kappa shape index (κ1) is 13.4. The molecule has 0 radical (unpaired) electrons. The Bertz CT molecular complexity index is 299. The number of hydrogen-bond donors (Lipinski definition) is 3. The van der Waals surface area contributed by atoms with Crippen LogP contribution in [0.15, 0.2) is 0 Å². The molecule has 0 aliphatic heterocycles. The normalized spacial score (nSPS) is 14.4. The van der Waals surface area contributed by atoms with Crippen LogP contribution in [0.2, 0.25) is 0 Å². The Kier molecular flexibility index (Phi) is 4.89. The summed E-state index contributed by atoms with van der Waals surface area (Å²) >= 11 is 0. The standard InChI is InChI=1S/C10H18N4O3/c11-8(15)5-14(6-9(12)16)10(17)4-13-3-7-1-2-7/h7,13H,1-6H2,(H2,11,15)(H2,12,16). The van der Waals surface area contributed by atoms with Gasteiger partial charge in [-0.05, 0) is 25.3 Å². The summed E-state index contributed by atoms with van der Waals surface area (Å²) in [7, 11) is 0. The van der Waals surface area contributed by atoms with Crippen molar-refractivity contribution in [2.45, 2.75) is 12.8 Å². The molecule has 0 aromatic heterocycles. The van der Waals surface area contributed by atoms with E-state index in [0.29, 0.717) is 5.92 Å². The first-order valence-corrected chi connectivity index (χ1v) is 5.54. The van der Waals surface area contributed by atoms with Gasteiger partial charge in [-0.15, -0.1) is 0 Å². The SMILES string of the molecule is NC(=O)CN(CC(N)=O)C(=O)CNCC1CC1. The fraction of sp³-hybridized carbons (Fsp3) is 0.700. The molecule has 17 heavy (non-hydrogen) atoms. The number of carbonyl (C=O) groups excluding carboxylic acids is 3. The van der Waals surface area contributed by atoms with E-state index in [9.17, 15) is 14.4 Å². The third kappa shape index (κ3) is 5.86. The maximum Gasteiger partial charge on any atom is 0.237 e. The first-order chi connectivity index (χ1) is 7.99. The van der Waals surface area contributed by atoms with Crippen LogP contribution in [-0.4, -0.2) is 48.8 Å². The Labute approximate surface area is 99.5 Å². The second-order valence-corrected chi connectivity index (χ2v) is 4.26. The zero-order valence-electron chi connectivity index (χ0n) is 9.65. The van der Waals surface area contributed by atoms with E-state index in [2.05, 4.69) is 5.32 Å². The Balaban J connectivity index is 2.33. The molecule has 1 aliphatic carbocycles. The van der Waals surface area contributed by atoms with Crippen molar-refractivity contribution in [3.63, 3.8) is 0 Å². The minimum atomic E-state index is -0.665. The van der Waals surface area contributed by atoms with Crippen LogP contribution in [0, 0.1) is 5.92 Å². The van der Waals surface area contributed by atoms with Gasteiger partial charge in [0.1, 0.15) is 0 Å². The highest BCUT2D eigenvalue weighted by molar-refractivity contribution is 5.88. The number of carbonyl (C=O) groups is 3. The number of nitrogens with one attached hydrogen (secondary N) is 1. The summed E-state index contributed by atoms with van der Waals surface area (Å²) in [6.45, 7) is 0.309. The summed E-state index contributed by atoms with van der Waals surface area (Å²) in [4.78, 5) is 34.2. The zero-order valence-corrected chi connectivity index (χ0v) is 9.65. The van der Waals surface area contributed by atoms with Crippen molar-refractivity contribution in [3.05, 3.63) is 0 Å². The lowest BCUT2D eigenvalue weighted by molar-refractivity contribution is -0.137. The van der Waals surface area contributed by atoms with Gasteiger partial charge in [0, 0.05) is 0 Å². The van der Waals surface area contributed by atoms with E-state index in [0.717, 1.165) is 11.4 Å². The summed E-state index contributed by atoms with van der Waals surface area (Å²) in [6, 6.07) is 0. The minimum absolute atomic E-state index is 0.0943. The van der Waals surface area contributed by atoms with E-state index in [4.69, 9.17) is 11.5 Å². The maximum atomic E-state index is 11.7. The minimum Gasteiger partial charge on any atom is -0.368 e. The van der Waals surface area contributed by atoms with Crippen LogP contribution in [0.3, 0.4) is 0 Å². The van der Waals surface area contributed by atoms with E-state index in [1.807, 2.05) is 0 Å². The van der Waals surface area contributed by atoms with Crippen LogP contribution >= 0.6 is 0 Å². The summed E-state index contributed by atoms with van der Waals surface area (Å²) in [5, 5.41) is 2.98. The van der Waals surface area contributed by atoms with Crippen LogP contribution in [0.4, 0.5) is 0 Å². The lowest BCUT2D eigenvalue weighted by Crippen LogP contribution is -2.46. The summed E-state index contributed by atoms with van der Waals surface area (Å²) in [5.74, 6) is -1.02. The monoisotopic (exact) mass is 242 g/mol. The van der Waals surface area contributed by atoms with Gasteiger partial charge in [0.15, 0.2) is 0 Å². The number of amides is 3. The number of nitrogens with zero attached hydrogens (tertiary/aromatic N) is 1. The molecule has 7 nitrogen and oxygen atoms in total. The molecule has 1 fully saturated rings. The maximum absolute atomic E-state index is 11.7. The van der Waals surface area contributed by atoms with Crippen LogP contribution < -0.4 is 16.8 Å². The van der Waals surface area contributed by atoms with Crippen molar-refractivity contribution in [1.82, 2.24) is 10.2 Å². The number of nitrogens with two attached hydrogens (primary N) is 2. The molecule has 1 rings (SSSR count). The van der Waals surface area contributed by atoms with E-state index < -0.39 is 11.8 Å². The fourth-order valence-corrected chi connectivity index (χ4v) is 1.43. The first-order valence-electron chi connectivity index (χ1n) is 5.54. The largest absolute Gasteiger partial charge is 0.368 e. The molecule has 96 valence electrons. The highest BCUT2D eigenvalue weighted by Gasteiger charge is 2.22. The molecular weight excluding hydrogens is 224 g/mol. The summed E-state index contributed by atoms with van der Waals surface area (Å²) in [6.07, 6.45) is 2.38. The van der Waals surface area contributed by atoms with Gasteiger partial charge in [-0.1, -0.05) is 0 Å². The van der Waals surface area contributed by atoms with Crippen molar-refractivity contribution in [3.8, 4) is 0 Å². The predicted octanol–water partition coefficient (Wildman–Crippen LogP) is -2.21. The molecule has 0 bridgehead atoms. The summed E-state index contributed by atoms with van der Waals surface area (Å²) < 4.78 is 0. The van der Waals surface area contributed by atoms with Gasteiger partial charge in [0.25, 0.3) is 0 Å². The van der Waals surface area contributed by atoms with Gasteiger partial charge >= 0.3 is 0 Å². The number of rotatable bonds is 8. The molecule has 7 heteroatoms. The van der Waals surface area contributed by atoms with Crippen LogP contribution in [0.5, 0.6) is 0 Å². The summed E-state index contributed by atoms with van der Waals surface area (Å²) in [5.41, 5.74) is 9.98. The highest BCUT2D eigenvalue weighted by Crippen LogP contribution is 2.27. The Morgan fingerprint density at radius 2 is 1.65 bits per heavy atom. The predicted molar refractivity (Wildman–Crippen MR) is 60.6 cm³/mol. The molecule has 0 spiro atoms. The Morgan fingerprint density at radius 1 is 1.12 bits per heavy atom. The van der Waals surface area contributed by atoms with Crippen molar-refractivity contribution >= 4 is 17.7 Å². The second kappa shape index (κ2) is 6.19. The third-order valence-electron chi connectivity index (χ3n) is 2.45. The highest BCUT2D eigenvalue weighted by atomic mass is 16.2. The Hall–Kier alpha value is -1.63. The van der Waals surface area contributed by atoms with E-state index >= 15 is 0 Å². The lowest BCUT2D eigenvalue weighted by Gasteiger charge is -2.19. The van der Waals surface area contributed by atoms with Gasteiger partial charge in [-0.2, -0.15) is 0 Å². The van der Waals surface area contributed by atoms with Crippen molar-refractivity contribution < 1.29 is 14.4 Å². The molecule has 0 heterocycles. The van der Waals surface area contributed by atoms with Crippen LogP contribution in [0.25, 0.3) is 0 Å². The smallest absolute Gasteiger partial charge is 0.237 e. The van der Waals surface area contributed by atoms with Gasteiger partial charge in [-0.25, -0.2) is 0 Å². The number of primary amides is 2. The number of hydrogen-bond acceptors (Lipinski definition) is 4. The second-order valence-electron chi connectivity index (χ2n) is 4.26. The quantitative estimate of drug-likeness (QED) is 0.447. The molecule has 0 aromatic carbocycles. The molecule has 3 amide bonds. The third-order valence-corrected chi connectivity index (χ3v) is 2.45. The van der Waals surface area contributed by atoms with Crippen molar-refractivity contribution in [1.29, 1.82) is 0 Å². The van der Waals surface area contributed by atoms with Crippen LogP contribution in [-0.2, 0) is 14.4 Å². The van der Waals surface area contributed by atoms with Gasteiger partial charge < -0.3 is 21.7 Å². The average molecular weight is 242 g/mol. The van der Waals surface area contributed by atoms with Gasteiger partial charge in [-0.3, -0.25) is 14.4 Å². The molecule has 5 N–H and O–H groups in total. The molecule has 0 saturated heterocycles. The fourth-order valence-electron chi connectivity index (χ4n) is 1.43. The molecule has 0 unspecified atom stereocenters.